The minimum Gasteiger partial charge on any atom is -0.492 e. The van der Waals surface area contributed by atoms with Crippen LogP contribution < -0.4 is 15.4 Å². The first kappa shape index (κ1) is 18.9. The molecule has 1 unspecified atom stereocenters. The van der Waals surface area contributed by atoms with Gasteiger partial charge in [0, 0.05) is 10.6 Å². The van der Waals surface area contributed by atoms with Crippen LogP contribution in [-0.2, 0) is 9.59 Å². The summed E-state index contributed by atoms with van der Waals surface area (Å²) >= 11 is 5.91. The van der Waals surface area contributed by atoms with E-state index >= 15 is 0 Å². The molecule has 0 spiro atoms. The highest BCUT2D eigenvalue weighted by Gasteiger charge is 2.35. The van der Waals surface area contributed by atoms with E-state index in [1.54, 1.807) is 42.5 Å². The van der Waals surface area contributed by atoms with Crippen molar-refractivity contribution in [1.29, 1.82) is 0 Å². The Hall–Kier alpha value is -3.39. The average molecular weight is 412 g/mol. The number of ether oxygens (including phenoxy) is 1. The molecule has 2 N–H and O–H groups in total. The Kier molecular flexibility index (Phi) is 5.18. The quantitative estimate of drug-likeness (QED) is 0.646. The number of carbonyl (C=O) groups excluding carboxylic acids is 2. The Bertz CT molecular complexity index is 1060. The number of rotatable bonds is 6. The third kappa shape index (κ3) is 3.93. The topological polar surface area (TPSA) is 98.1 Å². The number of para-hydroxylation sites is 2. The third-order valence-electron chi connectivity index (χ3n) is 4.41. The monoisotopic (exact) mass is 411 g/mol. The lowest BCUT2D eigenvalue weighted by molar-refractivity contribution is -0.123. The summed E-state index contributed by atoms with van der Waals surface area (Å²) < 4.78 is 6.96. The highest BCUT2D eigenvalue weighted by atomic mass is 35.5. The Morgan fingerprint density at radius 3 is 2.76 bits per heavy atom. The molecule has 0 aliphatic carbocycles. The van der Waals surface area contributed by atoms with Crippen molar-refractivity contribution in [2.45, 2.75) is 19.4 Å². The first-order valence-corrected chi connectivity index (χ1v) is 9.48. The smallest absolute Gasteiger partial charge is 0.252 e. The van der Waals surface area contributed by atoms with Gasteiger partial charge in [0.2, 0.25) is 11.9 Å². The number of halogens is 1. The van der Waals surface area contributed by atoms with Gasteiger partial charge in [-0.2, -0.15) is 4.98 Å². The van der Waals surface area contributed by atoms with Crippen LogP contribution in [0.25, 0.3) is 11.4 Å². The zero-order valence-corrected chi connectivity index (χ0v) is 16.3. The van der Waals surface area contributed by atoms with E-state index in [0.717, 1.165) is 5.56 Å². The fourth-order valence-electron chi connectivity index (χ4n) is 3.06. The lowest BCUT2D eigenvalue weighted by Gasteiger charge is -2.13. The Morgan fingerprint density at radius 2 is 2.00 bits per heavy atom. The number of benzene rings is 2. The van der Waals surface area contributed by atoms with Crippen molar-refractivity contribution in [3.05, 3.63) is 53.6 Å². The van der Waals surface area contributed by atoms with Crippen LogP contribution in [-0.4, -0.2) is 33.2 Å². The maximum atomic E-state index is 12.6. The van der Waals surface area contributed by atoms with Gasteiger partial charge in [-0.3, -0.25) is 14.9 Å². The van der Waals surface area contributed by atoms with Crippen LogP contribution in [0.2, 0.25) is 5.02 Å². The van der Waals surface area contributed by atoms with E-state index in [4.69, 9.17) is 16.3 Å². The molecule has 4 rings (SSSR count). The van der Waals surface area contributed by atoms with Crippen LogP contribution >= 0.6 is 11.6 Å². The SMILES string of the molecule is CCOc1ccccc1NC(=O)CC1C(=O)Nc2nc(-c3ccc(Cl)cc3)nn21. The highest BCUT2D eigenvalue weighted by molar-refractivity contribution is 6.30. The summed E-state index contributed by atoms with van der Waals surface area (Å²) in [7, 11) is 0. The molecule has 1 atom stereocenters. The average Bonchev–Trinajstić information content (AvgIpc) is 3.23. The molecule has 8 nitrogen and oxygen atoms in total. The number of nitrogens with zero attached hydrogens (tertiary/aromatic N) is 3. The van der Waals surface area contributed by atoms with Gasteiger partial charge in [0.1, 0.15) is 11.8 Å². The zero-order valence-electron chi connectivity index (χ0n) is 15.6. The molecule has 29 heavy (non-hydrogen) atoms. The van der Waals surface area contributed by atoms with E-state index in [0.29, 0.717) is 34.8 Å². The maximum absolute atomic E-state index is 12.6. The van der Waals surface area contributed by atoms with Gasteiger partial charge in [-0.25, -0.2) is 4.68 Å². The minimum atomic E-state index is -0.780. The number of fused-ring (bicyclic) bond motifs is 1. The largest absolute Gasteiger partial charge is 0.492 e. The molecular formula is C20H18ClN5O3. The minimum absolute atomic E-state index is 0.0806. The van der Waals surface area contributed by atoms with Crippen LogP contribution in [0.5, 0.6) is 5.75 Å². The Labute approximate surface area is 171 Å². The maximum Gasteiger partial charge on any atom is 0.252 e. The number of anilines is 2. The van der Waals surface area contributed by atoms with Gasteiger partial charge in [0.05, 0.1) is 18.7 Å². The van der Waals surface area contributed by atoms with Gasteiger partial charge in [0.15, 0.2) is 5.82 Å². The van der Waals surface area contributed by atoms with Gasteiger partial charge >= 0.3 is 0 Å². The van der Waals surface area contributed by atoms with E-state index < -0.39 is 6.04 Å². The molecule has 1 aliphatic heterocycles. The molecule has 2 heterocycles. The van der Waals surface area contributed by atoms with Crippen LogP contribution in [0, 0.1) is 0 Å². The lowest BCUT2D eigenvalue weighted by Crippen LogP contribution is -2.24. The van der Waals surface area contributed by atoms with Crippen molar-refractivity contribution in [3.8, 4) is 17.1 Å². The third-order valence-corrected chi connectivity index (χ3v) is 4.66. The highest BCUT2D eigenvalue weighted by Crippen LogP contribution is 2.30. The standard InChI is InChI=1S/C20H18ClN5O3/c1-2-29-16-6-4-3-5-14(16)22-17(27)11-15-19(28)24-20-23-18(25-26(15)20)12-7-9-13(21)10-8-12/h3-10,15H,2,11H2,1H3,(H,22,27)(H,23,24,25,28). The van der Waals surface area contributed by atoms with Crippen molar-refractivity contribution < 1.29 is 14.3 Å². The molecule has 1 aliphatic rings. The predicted octanol–water partition coefficient (Wildman–Crippen LogP) is 3.52. The van der Waals surface area contributed by atoms with Gasteiger partial charge < -0.3 is 10.1 Å². The molecule has 3 aromatic rings. The van der Waals surface area contributed by atoms with Crippen LogP contribution in [0.15, 0.2) is 48.5 Å². The lowest BCUT2D eigenvalue weighted by atomic mass is 10.2. The number of aromatic nitrogens is 3. The fraction of sp³-hybridized carbons (Fsp3) is 0.200. The number of nitrogens with one attached hydrogen (secondary N) is 2. The first-order chi connectivity index (χ1) is 14.0. The van der Waals surface area contributed by atoms with Crippen LogP contribution in [0.3, 0.4) is 0 Å². The van der Waals surface area contributed by atoms with Crippen molar-refractivity contribution >= 4 is 35.1 Å². The molecule has 148 valence electrons. The molecule has 0 saturated heterocycles. The van der Waals surface area contributed by atoms with Crippen molar-refractivity contribution in [3.63, 3.8) is 0 Å². The predicted molar refractivity (Wildman–Crippen MR) is 109 cm³/mol. The van der Waals surface area contributed by atoms with E-state index in [2.05, 4.69) is 20.7 Å². The number of carbonyl (C=O) groups is 2. The van der Waals surface area contributed by atoms with E-state index in [1.165, 1.54) is 4.68 Å². The fourth-order valence-corrected chi connectivity index (χ4v) is 3.18. The number of amides is 2. The van der Waals surface area contributed by atoms with E-state index in [1.807, 2.05) is 13.0 Å². The van der Waals surface area contributed by atoms with Gasteiger partial charge in [-0.05, 0) is 43.3 Å². The summed E-state index contributed by atoms with van der Waals surface area (Å²) in [4.78, 5) is 29.2. The first-order valence-electron chi connectivity index (χ1n) is 9.10. The summed E-state index contributed by atoms with van der Waals surface area (Å²) in [5.41, 5.74) is 1.32. The molecular weight excluding hydrogens is 394 g/mol. The van der Waals surface area contributed by atoms with Gasteiger partial charge in [-0.15, -0.1) is 5.10 Å². The molecule has 0 bridgehead atoms. The van der Waals surface area contributed by atoms with Gasteiger partial charge in [-0.1, -0.05) is 23.7 Å². The molecule has 0 radical (unpaired) electrons. The summed E-state index contributed by atoms with van der Waals surface area (Å²) in [6.07, 6.45) is -0.0806. The van der Waals surface area contributed by atoms with Crippen molar-refractivity contribution in [2.75, 3.05) is 17.2 Å². The van der Waals surface area contributed by atoms with Crippen LogP contribution in [0.1, 0.15) is 19.4 Å². The number of hydrogen-bond donors (Lipinski definition) is 2. The molecule has 2 aromatic carbocycles. The molecule has 2 amide bonds. The molecule has 1 aromatic heterocycles. The molecule has 9 heteroatoms. The van der Waals surface area contributed by atoms with Crippen molar-refractivity contribution in [1.82, 2.24) is 14.8 Å². The van der Waals surface area contributed by atoms with Crippen molar-refractivity contribution in [2.24, 2.45) is 0 Å². The second kappa shape index (κ2) is 7.92. The molecule has 0 saturated carbocycles. The zero-order chi connectivity index (χ0) is 20.4. The van der Waals surface area contributed by atoms with Crippen LogP contribution in [0.4, 0.5) is 11.6 Å². The van der Waals surface area contributed by atoms with Gasteiger partial charge in [0.25, 0.3) is 5.91 Å². The summed E-state index contributed by atoms with van der Waals surface area (Å²) in [5.74, 6) is 0.687. The number of hydrogen-bond acceptors (Lipinski definition) is 5. The summed E-state index contributed by atoms with van der Waals surface area (Å²) in [6, 6.07) is 13.4. The van der Waals surface area contributed by atoms with E-state index in [9.17, 15) is 9.59 Å². The normalized spacial score (nSPS) is 15.0. The second-order valence-corrected chi connectivity index (χ2v) is 6.83. The molecule has 0 fully saturated rings. The second-order valence-electron chi connectivity index (χ2n) is 6.40. The Morgan fingerprint density at radius 1 is 1.24 bits per heavy atom. The Balaban J connectivity index is 1.51. The summed E-state index contributed by atoms with van der Waals surface area (Å²) in [5, 5.41) is 10.5. The van der Waals surface area contributed by atoms with E-state index in [-0.39, 0.29) is 18.2 Å². The summed E-state index contributed by atoms with van der Waals surface area (Å²) in [6.45, 7) is 2.35.